The molecular formula is C15H20N2O3S. The maximum Gasteiger partial charge on any atom is 0.248 e. The first kappa shape index (κ1) is 15.7. The molecule has 1 N–H and O–H groups in total. The van der Waals surface area contributed by atoms with Crippen LogP contribution in [-0.2, 0) is 9.59 Å². The van der Waals surface area contributed by atoms with Gasteiger partial charge < -0.3 is 14.6 Å². The molecule has 1 aliphatic rings. The predicted octanol–water partition coefficient (Wildman–Crippen LogP) is 2.11. The van der Waals surface area contributed by atoms with Gasteiger partial charge in [0.05, 0.1) is 12.1 Å². The predicted molar refractivity (Wildman–Crippen MR) is 83.6 cm³/mol. The van der Waals surface area contributed by atoms with E-state index < -0.39 is 6.04 Å². The van der Waals surface area contributed by atoms with Crippen molar-refractivity contribution in [3.05, 3.63) is 30.2 Å². The molecule has 0 saturated carbocycles. The van der Waals surface area contributed by atoms with Gasteiger partial charge in [0.2, 0.25) is 11.8 Å². The number of hydrogen-bond acceptors (Lipinski definition) is 4. The lowest BCUT2D eigenvalue weighted by Gasteiger charge is -2.27. The molecule has 1 aromatic heterocycles. The van der Waals surface area contributed by atoms with Gasteiger partial charge in [-0.15, -0.1) is 11.8 Å². The van der Waals surface area contributed by atoms with Gasteiger partial charge in [-0.1, -0.05) is 0 Å². The molecule has 2 heterocycles. The summed E-state index contributed by atoms with van der Waals surface area (Å²) in [6, 6.07) is 3.12. The van der Waals surface area contributed by atoms with Gasteiger partial charge in [0.15, 0.2) is 0 Å². The van der Waals surface area contributed by atoms with Gasteiger partial charge in [-0.05, 0) is 39.0 Å². The van der Waals surface area contributed by atoms with Crippen molar-refractivity contribution >= 4 is 29.7 Å². The van der Waals surface area contributed by atoms with E-state index >= 15 is 0 Å². The number of thioether (sulfide) groups is 1. The Morgan fingerprint density at radius 2 is 2.24 bits per heavy atom. The first-order chi connectivity index (χ1) is 9.87. The van der Waals surface area contributed by atoms with Crippen LogP contribution in [0.1, 0.15) is 26.5 Å². The molecule has 2 amide bonds. The Kier molecular flexibility index (Phi) is 4.77. The van der Waals surface area contributed by atoms with E-state index in [1.165, 1.54) is 6.08 Å². The quantitative estimate of drug-likeness (QED) is 0.869. The Morgan fingerprint density at radius 3 is 2.86 bits per heavy atom. The van der Waals surface area contributed by atoms with E-state index in [0.29, 0.717) is 17.4 Å². The monoisotopic (exact) mass is 308 g/mol. The zero-order valence-electron chi connectivity index (χ0n) is 12.5. The van der Waals surface area contributed by atoms with Crippen molar-refractivity contribution in [2.24, 2.45) is 0 Å². The second-order valence-electron chi connectivity index (χ2n) is 5.91. The Labute approximate surface area is 128 Å². The highest BCUT2D eigenvalue weighted by Gasteiger charge is 2.34. The summed E-state index contributed by atoms with van der Waals surface area (Å²) < 4.78 is 5.14. The van der Waals surface area contributed by atoms with Crippen molar-refractivity contribution in [1.82, 2.24) is 10.2 Å². The van der Waals surface area contributed by atoms with Gasteiger partial charge in [-0.2, -0.15) is 0 Å². The molecular weight excluding hydrogens is 288 g/mol. The van der Waals surface area contributed by atoms with Crippen LogP contribution in [0.5, 0.6) is 0 Å². The van der Waals surface area contributed by atoms with Crippen molar-refractivity contribution < 1.29 is 14.0 Å². The Bertz CT molecular complexity index is 532. The molecule has 1 aliphatic heterocycles. The fourth-order valence-corrected chi connectivity index (χ4v) is 3.13. The number of hydrogen-bond donors (Lipinski definition) is 1. The molecule has 1 saturated heterocycles. The first-order valence-corrected chi connectivity index (χ1v) is 7.94. The number of rotatable bonds is 3. The van der Waals surface area contributed by atoms with Crippen LogP contribution >= 0.6 is 11.8 Å². The summed E-state index contributed by atoms with van der Waals surface area (Å²) in [4.78, 5) is 26.1. The molecule has 1 fully saturated rings. The summed E-state index contributed by atoms with van der Waals surface area (Å²) in [5.74, 6) is 1.50. The highest BCUT2D eigenvalue weighted by atomic mass is 32.2. The van der Waals surface area contributed by atoms with Crippen LogP contribution in [0, 0.1) is 0 Å². The van der Waals surface area contributed by atoms with Gasteiger partial charge in [-0.25, -0.2) is 0 Å². The zero-order valence-corrected chi connectivity index (χ0v) is 13.3. The summed E-state index contributed by atoms with van der Waals surface area (Å²) in [5, 5.41) is 2.93. The summed E-state index contributed by atoms with van der Waals surface area (Å²) >= 11 is 1.58. The topological polar surface area (TPSA) is 62.6 Å². The summed E-state index contributed by atoms with van der Waals surface area (Å²) in [5.41, 5.74) is -0.303. The smallest absolute Gasteiger partial charge is 0.248 e. The zero-order chi connectivity index (χ0) is 15.5. The van der Waals surface area contributed by atoms with E-state index in [9.17, 15) is 9.59 Å². The van der Waals surface area contributed by atoms with E-state index in [1.807, 2.05) is 20.8 Å². The van der Waals surface area contributed by atoms with Crippen molar-refractivity contribution in [2.75, 3.05) is 11.6 Å². The molecule has 6 heteroatoms. The number of nitrogens with one attached hydrogen (secondary N) is 1. The maximum atomic E-state index is 12.2. The van der Waals surface area contributed by atoms with Gasteiger partial charge in [0.1, 0.15) is 11.8 Å². The molecule has 0 aliphatic carbocycles. The van der Waals surface area contributed by atoms with Crippen LogP contribution in [-0.4, -0.2) is 39.9 Å². The van der Waals surface area contributed by atoms with Crippen LogP contribution in [0.25, 0.3) is 6.08 Å². The van der Waals surface area contributed by atoms with E-state index in [2.05, 4.69) is 5.32 Å². The lowest BCUT2D eigenvalue weighted by molar-refractivity contribution is -0.135. The number of carbonyl (C=O) groups is 2. The normalized spacial score (nSPS) is 19.2. The fourth-order valence-electron chi connectivity index (χ4n) is 1.97. The van der Waals surface area contributed by atoms with Crippen molar-refractivity contribution in [3.8, 4) is 0 Å². The van der Waals surface area contributed by atoms with E-state index in [1.54, 1.807) is 41.1 Å². The third-order valence-electron chi connectivity index (χ3n) is 2.90. The summed E-state index contributed by atoms with van der Waals surface area (Å²) in [6.45, 7) is 5.78. The molecule has 5 nitrogen and oxygen atoms in total. The summed E-state index contributed by atoms with van der Waals surface area (Å²) in [6.07, 6.45) is 4.61. The maximum absolute atomic E-state index is 12.2. The minimum absolute atomic E-state index is 0.104. The molecule has 0 spiro atoms. The van der Waals surface area contributed by atoms with Crippen molar-refractivity contribution in [2.45, 2.75) is 32.4 Å². The standard InChI is InChI=1S/C15H20N2O3S/c1-15(2,3)16-14(19)12-9-21-10-17(12)13(18)7-6-11-5-4-8-20-11/h4-8,12H,9-10H2,1-3H3,(H,16,19). The Hall–Kier alpha value is -1.69. The molecule has 0 aromatic carbocycles. The van der Waals surface area contributed by atoms with E-state index in [0.717, 1.165) is 0 Å². The van der Waals surface area contributed by atoms with E-state index in [-0.39, 0.29) is 17.4 Å². The van der Waals surface area contributed by atoms with Crippen LogP contribution < -0.4 is 5.32 Å². The largest absolute Gasteiger partial charge is 0.465 e. The molecule has 21 heavy (non-hydrogen) atoms. The number of amides is 2. The third kappa shape index (κ3) is 4.39. The second kappa shape index (κ2) is 6.39. The molecule has 2 rings (SSSR count). The van der Waals surface area contributed by atoms with Gasteiger partial charge in [0.25, 0.3) is 0 Å². The average Bonchev–Trinajstić information content (AvgIpc) is 3.05. The molecule has 0 bridgehead atoms. The highest BCUT2D eigenvalue weighted by molar-refractivity contribution is 7.99. The Balaban J connectivity index is 2.01. The van der Waals surface area contributed by atoms with Gasteiger partial charge in [0, 0.05) is 17.4 Å². The average molecular weight is 308 g/mol. The molecule has 114 valence electrons. The van der Waals surface area contributed by atoms with E-state index in [4.69, 9.17) is 4.42 Å². The third-order valence-corrected chi connectivity index (χ3v) is 3.91. The number of carbonyl (C=O) groups excluding carboxylic acids is 2. The number of nitrogens with zero attached hydrogens (tertiary/aromatic N) is 1. The second-order valence-corrected chi connectivity index (χ2v) is 6.91. The van der Waals surface area contributed by atoms with Crippen LogP contribution in [0.15, 0.2) is 28.9 Å². The minimum Gasteiger partial charge on any atom is -0.465 e. The SMILES string of the molecule is CC(C)(C)NC(=O)C1CSCN1C(=O)C=Cc1ccco1. The van der Waals surface area contributed by atoms with Gasteiger partial charge in [-0.3, -0.25) is 9.59 Å². The van der Waals surface area contributed by atoms with Crippen LogP contribution in [0.3, 0.4) is 0 Å². The number of furan rings is 1. The molecule has 0 radical (unpaired) electrons. The summed E-state index contributed by atoms with van der Waals surface area (Å²) in [7, 11) is 0. The minimum atomic E-state index is -0.414. The molecule has 1 aromatic rings. The van der Waals surface area contributed by atoms with Crippen molar-refractivity contribution in [1.29, 1.82) is 0 Å². The lowest BCUT2D eigenvalue weighted by Crippen LogP contribution is -2.52. The lowest BCUT2D eigenvalue weighted by atomic mass is 10.1. The first-order valence-electron chi connectivity index (χ1n) is 6.79. The van der Waals surface area contributed by atoms with Gasteiger partial charge >= 0.3 is 0 Å². The molecule has 1 unspecified atom stereocenters. The van der Waals surface area contributed by atoms with Crippen LogP contribution in [0.2, 0.25) is 0 Å². The van der Waals surface area contributed by atoms with Crippen LogP contribution in [0.4, 0.5) is 0 Å². The van der Waals surface area contributed by atoms with Crippen molar-refractivity contribution in [3.63, 3.8) is 0 Å². The fraction of sp³-hybridized carbons (Fsp3) is 0.467. The molecule has 1 atom stereocenters. The Morgan fingerprint density at radius 1 is 1.48 bits per heavy atom. The highest BCUT2D eigenvalue weighted by Crippen LogP contribution is 2.22.